The number of rotatable bonds is 2. The van der Waals surface area contributed by atoms with Crippen molar-refractivity contribution in [2.45, 2.75) is 32.0 Å². The van der Waals surface area contributed by atoms with E-state index in [1.54, 1.807) is 0 Å². The number of anilines is 1. The van der Waals surface area contributed by atoms with Gasteiger partial charge in [0.05, 0.1) is 11.6 Å². The first-order valence-corrected chi connectivity index (χ1v) is 7.45. The number of piperidine rings is 1. The SMILES string of the molecule is CC(N)c1ccc(N2CCC(C(F)(F)F)CC2)c(Br)c1. The van der Waals surface area contributed by atoms with E-state index in [-0.39, 0.29) is 18.9 Å². The van der Waals surface area contributed by atoms with E-state index in [0.717, 1.165) is 15.7 Å². The van der Waals surface area contributed by atoms with Crippen molar-refractivity contribution in [2.24, 2.45) is 11.7 Å². The quantitative estimate of drug-likeness (QED) is 0.863. The van der Waals surface area contributed by atoms with E-state index in [0.29, 0.717) is 13.1 Å². The largest absolute Gasteiger partial charge is 0.391 e. The molecule has 0 radical (unpaired) electrons. The number of hydrogen-bond donors (Lipinski definition) is 1. The Morgan fingerprint density at radius 3 is 2.35 bits per heavy atom. The van der Waals surface area contributed by atoms with Crippen LogP contribution in [0.2, 0.25) is 0 Å². The van der Waals surface area contributed by atoms with Crippen LogP contribution in [0.5, 0.6) is 0 Å². The van der Waals surface area contributed by atoms with Crippen molar-refractivity contribution in [1.82, 2.24) is 0 Å². The summed E-state index contributed by atoms with van der Waals surface area (Å²) in [5, 5.41) is 0. The molecule has 0 bridgehead atoms. The zero-order valence-corrected chi connectivity index (χ0v) is 12.8. The monoisotopic (exact) mass is 350 g/mol. The molecule has 1 aromatic rings. The van der Waals surface area contributed by atoms with Crippen LogP contribution in [-0.2, 0) is 0 Å². The fourth-order valence-electron chi connectivity index (χ4n) is 2.51. The number of hydrogen-bond acceptors (Lipinski definition) is 2. The van der Waals surface area contributed by atoms with Gasteiger partial charge in [0.25, 0.3) is 0 Å². The summed E-state index contributed by atoms with van der Waals surface area (Å²) in [5.74, 6) is -1.17. The molecule has 0 saturated carbocycles. The molecule has 0 aromatic heterocycles. The molecule has 2 nitrogen and oxygen atoms in total. The van der Waals surface area contributed by atoms with Crippen LogP contribution < -0.4 is 10.6 Å². The summed E-state index contributed by atoms with van der Waals surface area (Å²) in [6.45, 7) is 2.76. The fourth-order valence-corrected chi connectivity index (χ4v) is 3.16. The van der Waals surface area contributed by atoms with Gasteiger partial charge in [0.1, 0.15) is 0 Å². The van der Waals surface area contributed by atoms with E-state index in [1.807, 2.05) is 30.0 Å². The number of nitrogens with two attached hydrogens (primary N) is 1. The smallest absolute Gasteiger partial charge is 0.371 e. The average Bonchev–Trinajstić information content (AvgIpc) is 2.37. The van der Waals surface area contributed by atoms with Gasteiger partial charge in [0.2, 0.25) is 0 Å². The second-order valence-corrected chi connectivity index (χ2v) is 6.16. The average molecular weight is 351 g/mol. The minimum atomic E-state index is -4.07. The van der Waals surface area contributed by atoms with E-state index in [9.17, 15) is 13.2 Å². The number of nitrogens with zero attached hydrogens (tertiary/aromatic N) is 1. The maximum atomic E-state index is 12.7. The summed E-state index contributed by atoms with van der Waals surface area (Å²) < 4.78 is 38.8. The third-order valence-electron chi connectivity index (χ3n) is 3.80. The molecule has 1 heterocycles. The molecule has 1 unspecified atom stereocenters. The second-order valence-electron chi connectivity index (χ2n) is 5.30. The molecule has 1 aromatic carbocycles. The van der Waals surface area contributed by atoms with Gasteiger partial charge < -0.3 is 10.6 Å². The van der Waals surface area contributed by atoms with Gasteiger partial charge in [0, 0.05) is 23.6 Å². The van der Waals surface area contributed by atoms with Gasteiger partial charge in [-0.2, -0.15) is 13.2 Å². The third kappa shape index (κ3) is 3.47. The van der Waals surface area contributed by atoms with Gasteiger partial charge in [-0.3, -0.25) is 0 Å². The molecule has 1 aliphatic rings. The first kappa shape index (κ1) is 15.6. The van der Waals surface area contributed by atoms with Crippen LogP contribution in [0.4, 0.5) is 18.9 Å². The lowest BCUT2D eigenvalue weighted by Gasteiger charge is -2.35. The number of halogens is 4. The van der Waals surface area contributed by atoms with Gasteiger partial charge in [0.15, 0.2) is 0 Å². The molecule has 2 N–H and O–H groups in total. The second kappa shape index (κ2) is 5.93. The molecule has 1 atom stereocenters. The van der Waals surface area contributed by atoms with Crippen molar-refractivity contribution in [1.29, 1.82) is 0 Å². The Kier molecular flexibility index (Phi) is 4.64. The first-order chi connectivity index (χ1) is 9.29. The highest BCUT2D eigenvalue weighted by Crippen LogP contribution is 2.37. The van der Waals surface area contributed by atoms with E-state index in [4.69, 9.17) is 5.73 Å². The van der Waals surface area contributed by atoms with Gasteiger partial charge in [-0.15, -0.1) is 0 Å². The molecular weight excluding hydrogens is 333 g/mol. The highest BCUT2D eigenvalue weighted by molar-refractivity contribution is 9.10. The number of benzene rings is 1. The van der Waals surface area contributed by atoms with Crippen molar-refractivity contribution < 1.29 is 13.2 Å². The Morgan fingerprint density at radius 2 is 1.90 bits per heavy atom. The van der Waals surface area contributed by atoms with Crippen molar-refractivity contribution >= 4 is 21.6 Å². The minimum absolute atomic E-state index is 0.0590. The Morgan fingerprint density at radius 1 is 1.30 bits per heavy atom. The highest BCUT2D eigenvalue weighted by Gasteiger charge is 2.41. The molecule has 0 aliphatic carbocycles. The van der Waals surface area contributed by atoms with E-state index in [1.165, 1.54) is 0 Å². The minimum Gasteiger partial charge on any atom is -0.371 e. The van der Waals surface area contributed by atoms with Crippen molar-refractivity contribution in [2.75, 3.05) is 18.0 Å². The Balaban J connectivity index is 2.07. The Labute approximate surface area is 125 Å². The molecule has 20 heavy (non-hydrogen) atoms. The summed E-state index contributed by atoms with van der Waals surface area (Å²) in [4.78, 5) is 2.00. The summed E-state index contributed by atoms with van der Waals surface area (Å²) >= 11 is 3.49. The molecular formula is C14H18BrF3N2. The molecule has 2 rings (SSSR count). The maximum absolute atomic E-state index is 12.7. The standard InChI is InChI=1S/C14H18BrF3N2/c1-9(19)10-2-3-13(12(15)8-10)20-6-4-11(5-7-20)14(16,17)18/h2-3,8-9,11H,4-7,19H2,1H3. The van der Waals surface area contributed by atoms with E-state index in [2.05, 4.69) is 15.9 Å². The lowest BCUT2D eigenvalue weighted by atomic mass is 9.96. The van der Waals surface area contributed by atoms with Gasteiger partial charge in [-0.05, 0) is 53.4 Å². The van der Waals surface area contributed by atoms with Crippen LogP contribution in [0.25, 0.3) is 0 Å². The topological polar surface area (TPSA) is 29.3 Å². The number of alkyl halides is 3. The van der Waals surface area contributed by atoms with Crippen LogP contribution in [-0.4, -0.2) is 19.3 Å². The van der Waals surface area contributed by atoms with E-state index < -0.39 is 12.1 Å². The molecule has 112 valence electrons. The lowest BCUT2D eigenvalue weighted by molar-refractivity contribution is -0.179. The zero-order valence-electron chi connectivity index (χ0n) is 11.3. The normalized spacial score (nSPS) is 19.2. The summed E-state index contributed by atoms with van der Waals surface area (Å²) in [5.41, 5.74) is 7.76. The van der Waals surface area contributed by atoms with Crippen molar-refractivity contribution in [3.05, 3.63) is 28.2 Å². The maximum Gasteiger partial charge on any atom is 0.391 e. The molecule has 0 amide bonds. The molecule has 6 heteroatoms. The molecule has 1 aliphatic heterocycles. The van der Waals surface area contributed by atoms with Gasteiger partial charge in [-0.1, -0.05) is 6.07 Å². The van der Waals surface area contributed by atoms with Crippen LogP contribution in [0.3, 0.4) is 0 Å². The van der Waals surface area contributed by atoms with E-state index >= 15 is 0 Å². The third-order valence-corrected chi connectivity index (χ3v) is 4.43. The molecule has 1 fully saturated rings. The van der Waals surface area contributed by atoms with Gasteiger partial charge >= 0.3 is 6.18 Å². The summed E-state index contributed by atoms with van der Waals surface area (Å²) in [6, 6.07) is 5.74. The van der Waals surface area contributed by atoms with Crippen LogP contribution in [0.15, 0.2) is 22.7 Å². The van der Waals surface area contributed by atoms with Crippen LogP contribution >= 0.6 is 15.9 Å². The lowest BCUT2D eigenvalue weighted by Crippen LogP contribution is -2.39. The predicted octanol–water partition coefficient (Wildman–Crippen LogP) is 4.25. The van der Waals surface area contributed by atoms with Crippen LogP contribution in [0, 0.1) is 5.92 Å². The summed E-state index contributed by atoms with van der Waals surface area (Å²) in [6.07, 6.45) is -3.75. The summed E-state index contributed by atoms with van der Waals surface area (Å²) in [7, 11) is 0. The van der Waals surface area contributed by atoms with Crippen LogP contribution in [0.1, 0.15) is 31.4 Å². The Bertz CT molecular complexity index is 466. The van der Waals surface area contributed by atoms with Crippen molar-refractivity contribution in [3.8, 4) is 0 Å². The van der Waals surface area contributed by atoms with Gasteiger partial charge in [-0.25, -0.2) is 0 Å². The molecule has 0 spiro atoms. The first-order valence-electron chi connectivity index (χ1n) is 6.65. The predicted molar refractivity (Wildman–Crippen MR) is 77.7 cm³/mol. The van der Waals surface area contributed by atoms with Crippen molar-refractivity contribution in [3.63, 3.8) is 0 Å². The Hall–Kier alpha value is -0.750. The molecule has 1 saturated heterocycles. The highest BCUT2D eigenvalue weighted by atomic mass is 79.9. The fraction of sp³-hybridized carbons (Fsp3) is 0.571. The zero-order chi connectivity index (χ0) is 14.9.